The Hall–Kier alpha value is -4.00. The largest absolute Gasteiger partial charge is 0.457 e. The molecule has 0 saturated heterocycles. The molecule has 1 unspecified atom stereocenters. The molecule has 152 valence electrons. The lowest BCUT2D eigenvalue weighted by Crippen LogP contribution is -2.26. The normalized spacial score (nSPS) is 12.8. The molecule has 3 N–H and O–H groups in total. The summed E-state index contributed by atoms with van der Waals surface area (Å²) >= 11 is 0. The van der Waals surface area contributed by atoms with Gasteiger partial charge < -0.3 is 25.3 Å². The smallest absolute Gasteiger partial charge is 0.251 e. The summed E-state index contributed by atoms with van der Waals surface area (Å²) in [5.41, 5.74) is 7.07. The van der Waals surface area contributed by atoms with Gasteiger partial charge in [-0.2, -0.15) is 0 Å². The van der Waals surface area contributed by atoms with Gasteiger partial charge in [0, 0.05) is 11.1 Å². The van der Waals surface area contributed by atoms with E-state index in [0.29, 0.717) is 34.1 Å². The molecule has 30 heavy (non-hydrogen) atoms. The summed E-state index contributed by atoms with van der Waals surface area (Å²) in [6.45, 7) is 2.12. The fourth-order valence-corrected chi connectivity index (χ4v) is 3.04. The molecule has 7 nitrogen and oxygen atoms in total. The van der Waals surface area contributed by atoms with Crippen LogP contribution in [0.2, 0.25) is 0 Å². The summed E-state index contributed by atoms with van der Waals surface area (Å²) < 4.78 is 16.4. The molecule has 1 aliphatic heterocycles. The van der Waals surface area contributed by atoms with Crippen LogP contribution >= 0.6 is 0 Å². The van der Waals surface area contributed by atoms with Crippen LogP contribution in [0.1, 0.15) is 39.2 Å². The third-order valence-corrected chi connectivity index (χ3v) is 4.74. The van der Waals surface area contributed by atoms with Crippen molar-refractivity contribution in [2.75, 3.05) is 6.79 Å². The molecule has 4 rings (SSSR count). The number of ether oxygens (including phenoxy) is 3. The Bertz CT molecular complexity index is 1080. The lowest BCUT2D eigenvalue weighted by molar-refractivity contribution is 0.0938. The highest BCUT2D eigenvalue weighted by Crippen LogP contribution is 2.34. The number of nitrogens with two attached hydrogens (primary N) is 1. The highest BCUT2D eigenvalue weighted by Gasteiger charge is 2.17. The number of carbonyl (C=O) groups is 2. The fourth-order valence-electron chi connectivity index (χ4n) is 3.04. The Morgan fingerprint density at radius 1 is 0.900 bits per heavy atom. The second-order valence-electron chi connectivity index (χ2n) is 6.82. The first-order chi connectivity index (χ1) is 14.5. The van der Waals surface area contributed by atoms with Crippen LogP contribution in [0.25, 0.3) is 0 Å². The van der Waals surface area contributed by atoms with E-state index in [0.717, 1.165) is 5.56 Å². The second-order valence-corrected chi connectivity index (χ2v) is 6.82. The third kappa shape index (κ3) is 4.20. The minimum atomic E-state index is -0.494. The molecule has 7 heteroatoms. The van der Waals surface area contributed by atoms with E-state index < -0.39 is 5.91 Å². The SMILES string of the molecule is CC(NC(=O)c1ccc(Oc2ccc(C(N)=O)cc2)cc1)c1ccc2c(c1)OCO2. The second kappa shape index (κ2) is 8.16. The molecular weight excluding hydrogens is 384 g/mol. The minimum absolute atomic E-state index is 0.197. The number of primary amides is 1. The first-order valence-electron chi connectivity index (χ1n) is 9.38. The van der Waals surface area contributed by atoms with Crippen molar-refractivity contribution in [2.24, 2.45) is 5.73 Å². The van der Waals surface area contributed by atoms with Gasteiger partial charge in [0.2, 0.25) is 12.7 Å². The number of carbonyl (C=O) groups excluding carboxylic acids is 2. The van der Waals surface area contributed by atoms with Crippen molar-refractivity contribution in [3.8, 4) is 23.0 Å². The van der Waals surface area contributed by atoms with Crippen molar-refractivity contribution < 1.29 is 23.8 Å². The summed E-state index contributed by atoms with van der Waals surface area (Å²) in [6, 6.07) is 18.7. The summed E-state index contributed by atoms with van der Waals surface area (Å²) in [5, 5.41) is 2.97. The lowest BCUT2D eigenvalue weighted by Gasteiger charge is -2.15. The minimum Gasteiger partial charge on any atom is -0.457 e. The van der Waals surface area contributed by atoms with Crippen LogP contribution in [0.5, 0.6) is 23.0 Å². The van der Waals surface area contributed by atoms with Crippen molar-refractivity contribution in [3.05, 3.63) is 83.4 Å². The zero-order chi connectivity index (χ0) is 21.1. The first-order valence-corrected chi connectivity index (χ1v) is 9.38. The molecular formula is C23H20N2O5. The van der Waals surface area contributed by atoms with Crippen LogP contribution < -0.4 is 25.3 Å². The monoisotopic (exact) mass is 404 g/mol. The van der Waals surface area contributed by atoms with E-state index in [4.69, 9.17) is 19.9 Å². The van der Waals surface area contributed by atoms with E-state index in [9.17, 15) is 9.59 Å². The number of benzene rings is 3. The molecule has 0 fully saturated rings. The molecule has 0 saturated carbocycles. The first kappa shape index (κ1) is 19.3. The van der Waals surface area contributed by atoms with Crippen molar-refractivity contribution >= 4 is 11.8 Å². The Balaban J connectivity index is 1.38. The number of nitrogens with one attached hydrogen (secondary N) is 1. The number of hydrogen-bond donors (Lipinski definition) is 2. The number of amides is 2. The molecule has 3 aromatic rings. The topological polar surface area (TPSA) is 99.9 Å². The predicted molar refractivity (Wildman–Crippen MR) is 110 cm³/mol. The van der Waals surface area contributed by atoms with Crippen molar-refractivity contribution in [3.63, 3.8) is 0 Å². The van der Waals surface area contributed by atoms with E-state index in [1.165, 1.54) is 0 Å². The Kier molecular flexibility index (Phi) is 5.26. The average Bonchev–Trinajstić information content (AvgIpc) is 3.22. The van der Waals surface area contributed by atoms with Gasteiger partial charge in [0.05, 0.1) is 6.04 Å². The summed E-state index contributed by atoms with van der Waals surface area (Å²) in [4.78, 5) is 23.7. The van der Waals surface area contributed by atoms with E-state index in [-0.39, 0.29) is 18.7 Å². The van der Waals surface area contributed by atoms with Gasteiger partial charge in [0.15, 0.2) is 11.5 Å². The van der Waals surface area contributed by atoms with Crippen LogP contribution in [-0.2, 0) is 0 Å². The molecule has 2 amide bonds. The Morgan fingerprint density at radius 2 is 1.50 bits per heavy atom. The van der Waals surface area contributed by atoms with Crippen LogP contribution in [-0.4, -0.2) is 18.6 Å². The van der Waals surface area contributed by atoms with Crippen molar-refractivity contribution in [1.29, 1.82) is 0 Å². The highest BCUT2D eigenvalue weighted by atomic mass is 16.7. The third-order valence-electron chi connectivity index (χ3n) is 4.74. The zero-order valence-corrected chi connectivity index (χ0v) is 16.3. The van der Waals surface area contributed by atoms with E-state index in [1.807, 2.05) is 25.1 Å². The van der Waals surface area contributed by atoms with Crippen LogP contribution in [0.4, 0.5) is 0 Å². The molecule has 0 spiro atoms. The molecule has 0 radical (unpaired) electrons. The van der Waals surface area contributed by atoms with E-state index in [2.05, 4.69) is 5.32 Å². The van der Waals surface area contributed by atoms with E-state index >= 15 is 0 Å². The van der Waals surface area contributed by atoms with Crippen LogP contribution in [0.15, 0.2) is 66.7 Å². The van der Waals surface area contributed by atoms with Crippen LogP contribution in [0.3, 0.4) is 0 Å². The van der Waals surface area contributed by atoms with Crippen molar-refractivity contribution in [1.82, 2.24) is 5.32 Å². The molecule has 0 aliphatic carbocycles. The summed E-state index contributed by atoms with van der Waals surface area (Å²) in [7, 11) is 0. The number of rotatable bonds is 6. The lowest BCUT2D eigenvalue weighted by atomic mass is 10.1. The average molecular weight is 404 g/mol. The fraction of sp³-hybridized carbons (Fsp3) is 0.130. The molecule has 1 heterocycles. The van der Waals surface area contributed by atoms with Crippen molar-refractivity contribution in [2.45, 2.75) is 13.0 Å². The van der Waals surface area contributed by atoms with Gasteiger partial charge in [0.25, 0.3) is 5.91 Å². The van der Waals surface area contributed by atoms with E-state index in [1.54, 1.807) is 48.5 Å². The standard InChI is InChI=1S/C23H20N2O5/c1-14(17-6-11-20-21(12-17)29-13-28-20)25-23(27)16-4-9-19(10-5-16)30-18-7-2-15(3-8-18)22(24)26/h2-12,14H,13H2,1H3,(H2,24,26)(H,25,27). The van der Waals surface area contributed by atoms with Gasteiger partial charge in [-0.3, -0.25) is 9.59 Å². The predicted octanol–water partition coefficient (Wildman–Crippen LogP) is 3.80. The van der Waals surface area contributed by atoms with Gasteiger partial charge in [-0.05, 0) is 73.2 Å². The van der Waals surface area contributed by atoms with Gasteiger partial charge in [-0.15, -0.1) is 0 Å². The Labute approximate surface area is 173 Å². The highest BCUT2D eigenvalue weighted by molar-refractivity contribution is 5.94. The zero-order valence-electron chi connectivity index (χ0n) is 16.3. The quantitative estimate of drug-likeness (QED) is 0.651. The summed E-state index contributed by atoms with van der Waals surface area (Å²) in [6.07, 6.45) is 0. The maximum Gasteiger partial charge on any atom is 0.251 e. The molecule has 1 atom stereocenters. The summed E-state index contributed by atoms with van der Waals surface area (Å²) in [5.74, 6) is 1.83. The van der Waals surface area contributed by atoms with Gasteiger partial charge in [-0.25, -0.2) is 0 Å². The van der Waals surface area contributed by atoms with Gasteiger partial charge in [0.1, 0.15) is 11.5 Å². The number of fused-ring (bicyclic) bond motifs is 1. The molecule has 3 aromatic carbocycles. The van der Waals surface area contributed by atoms with Gasteiger partial charge in [-0.1, -0.05) is 6.07 Å². The Morgan fingerprint density at radius 3 is 2.13 bits per heavy atom. The maximum absolute atomic E-state index is 12.6. The van der Waals surface area contributed by atoms with Crippen LogP contribution in [0, 0.1) is 0 Å². The molecule has 0 bridgehead atoms. The maximum atomic E-state index is 12.6. The number of hydrogen-bond acceptors (Lipinski definition) is 5. The molecule has 0 aromatic heterocycles. The van der Waals surface area contributed by atoms with Gasteiger partial charge >= 0.3 is 0 Å². The molecule has 1 aliphatic rings.